The number of esters is 1. The molecule has 28 heavy (non-hydrogen) atoms. The van der Waals surface area contributed by atoms with Gasteiger partial charge in [0, 0.05) is 11.1 Å². The number of benzene rings is 1. The maximum Gasteiger partial charge on any atom is 0.357 e. The number of nitrogens with zero attached hydrogens (tertiary/aromatic N) is 3. The molecule has 3 heterocycles. The molecular weight excluding hydrogens is 405 g/mol. The lowest BCUT2D eigenvalue weighted by molar-refractivity contribution is -0.132. The molecule has 1 fully saturated rings. The Hall–Kier alpha value is -2.56. The number of hydrogen-bond donors (Lipinski definition) is 1. The van der Waals surface area contributed by atoms with E-state index in [0.29, 0.717) is 52.0 Å². The first-order valence-electron chi connectivity index (χ1n) is 8.46. The number of carbonyl (C=O) groups excluding carboxylic acids is 1. The second-order valence-corrected chi connectivity index (χ2v) is 7.78. The van der Waals surface area contributed by atoms with E-state index < -0.39 is 11.8 Å². The lowest BCUT2D eigenvalue weighted by Crippen LogP contribution is -2.43. The Balaban J connectivity index is 1.81. The molecule has 0 radical (unpaired) electrons. The van der Waals surface area contributed by atoms with E-state index in [2.05, 4.69) is 4.99 Å². The molecule has 1 N–H and O–H groups in total. The standard InChI is InChI=1S/C18H16FN3O4S2/c1-25-17(24)15-12(11-8-10(19)2-3-13(11)20-15)9-14-16(23)22(18(27)28-14)21-4-6-26-7-5-21/h2-3,8-9,23H,4-7H2,1H3/b12-9+. The predicted molar refractivity (Wildman–Crippen MR) is 107 cm³/mol. The zero-order valence-electron chi connectivity index (χ0n) is 14.8. The summed E-state index contributed by atoms with van der Waals surface area (Å²) >= 11 is 6.60. The van der Waals surface area contributed by atoms with Gasteiger partial charge in [-0.25, -0.2) is 18.9 Å². The first-order valence-corrected chi connectivity index (χ1v) is 9.69. The van der Waals surface area contributed by atoms with Crippen molar-refractivity contribution in [2.45, 2.75) is 0 Å². The third-order valence-corrected chi connectivity index (χ3v) is 5.74. The van der Waals surface area contributed by atoms with Crippen LogP contribution >= 0.6 is 23.6 Å². The SMILES string of the molecule is COC(=O)C1=Nc2ccc(F)cc2/C1=C\c1sc(=S)n(N2CCOCC2)c1O. The number of halogens is 1. The Morgan fingerprint density at radius 2 is 2.18 bits per heavy atom. The van der Waals surface area contributed by atoms with Gasteiger partial charge in [-0.15, -0.1) is 0 Å². The van der Waals surface area contributed by atoms with Crippen molar-refractivity contribution in [3.63, 3.8) is 0 Å². The summed E-state index contributed by atoms with van der Waals surface area (Å²) in [5.74, 6) is -1.13. The number of aliphatic imine (C=N–C) groups is 1. The molecule has 0 spiro atoms. The van der Waals surface area contributed by atoms with Gasteiger partial charge in [0.05, 0.1) is 44.0 Å². The number of morpholine rings is 1. The number of fused-ring (bicyclic) bond motifs is 1. The highest BCUT2D eigenvalue weighted by Gasteiger charge is 2.29. The molecule has 4 rings (SSSR count). The molecule has 1 aromatic carbocycles. The summed E-state index contributed by atoms with van der Waals surface area (Å²) in [6, 6.07) is 4.07. The van der Waals surface area contributed by atoms with E-state index in [1.165, 1.54) is 36.6 Å². The number of methoxy groups -OCH3 is 1. The molecule has 0 unspecified atom stereocenters. The number of aromatic nitrogens is 1. The quantitative estimate of drug-likeness (QED) is 0.607. The molecule has 0 bridgehead atoms. The highest BCUT2D eigenvalue weighted by Crippen LogP contribution is 2.39. The molecular formula is C18H16FN3O4S2. The normalized spacial score (nSPS) is 17.6. The van der Waals surface area contributed by atoms with E-state index >= 15 is 0 Å². The highest BCUT2D eigenvalue weighted by molar-refractivity contribution is 7.73. The Labute approximate surface area is 168 Å². The van der Waals surface area contributed by atoms with Crippen molar-refractivity contribution in [1.29, 1.82) is 0 Å². The zero-order valence-corrected chi connectivity index (χ0v) is 16.5. The molecule has 2 aliphatic heterocycles. The van der Waals surface area contributed by atoms with Gasteiger partial charge < -0.3 is 19.6 Å². The maximum atomic E-state index is 13.8. The van der Waals surface area contributed by atoms with Crippen LogP contribution in [-0.2, 0) is 14.3 Å². The van der Waals surface area contributed by atoms with Crippen LogP contribution in [0.4, 0.5) is 10.1 Å². The molecule has 1 saturated heterocycles. The van der Waals surface area contributed by atoms with Gasteiger partial charge in [0.15, 0.2) is 9.67 Å². The average molecular weight is 421 g/mol. The van der Waals surface area contributed by atoms with E-state index in [4.69, 9.17) is 21.7 Å². The maximum absolute atomic E-state index is 13.8. The van der Waals surface area contributed by atoms with E-state index in [9.17, 15) is 14.3 Å². The van der Waals surface area contributed by atoms with Gasteiger partial charge in [0.1, 0.15) is 5.82 Å². The minimum Gasteiger partial charge on any atom is -0.492 e. The van der Waals surface area contributed by atoms with Crippen LogP contribution < -0.4 is 5.01 Å². The molecule has 0 aliphatic carbocycles. The number of ether oxygens (including phenoxy) is 2. The second kappa shape index (κ2) is 7.46. The first kappa shape index (κ1) is 18.8. The Morgan fingerprint density at radius 3 is 2.89 bits per heavy atom. The van der Waals surface area contributed by atoms with Gasteiger partial charge >= 0.3 is 5.97 Å². The summed E-state index contributed by atoms with van der Waals surface area (Å²) in [5.41, 5.74) is 1.35. The topological polar surface area (TPSA) is 76.3 Å². The van der Waals surface area contributed by atoms with Crippen molar-refractivity contribution in [3.05, 3.63) is 38.4 Å². The fraction of sp³-hybridized carbons (Fsp3) is 0.278. The van der Waals surface area contributed by atoms with Crippen LogP contribution in [0.25, 0.3) is 11.6 Å². The largest absolute Gasteiger partial charge is 0.492 e. The van der Waals surface area contributed by atoms with Gasteiger partial charge in [-0.2, -0.15) is 0 Å². The van der Waals surface area contributed by atoms with Gasteiger partial charge in [0.2, 0.25) is 5.88 Å². The van der Waals surface area contributed by atoms with Crippen LogP contribution in [0.15, 0.2) is 23.2 Å². The summed E-state index contributed by atoms with van der Waals surface area (Å²) in [5, 5.41) is 12.7. The average Bonchev–Trinajstić information content (AvgIpc) is 3.19. The third-order valence-electron chi connectivity index (χ3n) is 4.45. The molecule has 2 aromatic rings. The number of carbonyl (C=O) groups is 1. The van der Waals surface area contributed by atoms with E-state index in [1.807, 2.05) is 5.01 Å². The van der Waals surface area contributed by atoms with Crippen molar-refractivity contribution >= 4 is 52.6 Å². The second-order valence-electron chi connectivity index (χ2n) is 6.11. The fourth-order valence-corrected chi connectivity index (χ4v) is 4.43. The smallest absolute Gasteiger partial charge is 0.357 e. The van der Waals surface area contributed by atoms with E-state index in [1.54, 1.807) is 10.8 Å². The Bertz CT molecular complexity index is 1070. The Kier molecular flexibility index (Phi) is 5.00. The van der Waals surface area contributed by atoms with Crippen molar-refractivity contribution < 1.29 is 23.8 Å². The van der Waals surface area contributed by atoms with Crippen LogP contribution in [0, 0.1) is 9.77 Å². The van der Waals surface area contributed by atoms with Crippen molar-refractivity contribution in [2.75, 3.05) is 38.4 Å². The van der Waals surface area contributed by atoms with Crippen molar-refractivity contribution in [3.8, 4) is 5.88 Å². The van der Waals surface area contributed by atoms with Crippen LogP contribution in [0.3, 0.4) is 0 Å². The van der Waals surface area contributed by atoms with Gasteiger partial charge in [-0.1, -0.05) is 11.3 Å². The molecule has 0 amide bonds. The summed E-state index contributed by atoms with van der Waals surface area (Å²) in [6.45, 7) is 2.27. The number of thiazole rings is 1. The summed E-state index contributed by atoms with van der Waals surface area (Å²) < 4.78 is 26.0. The van der Waals surface area contributed by atoms with E-state index in [-0.39, 0.29) is 11.6 Å². The molecule has 10 heteroatoms. The van der Waals surface area contributed by atoms with Crippen molar-refractivity contribution in [2.24, 2.45) is 4.99 Å². The van der Waals surface area contributed by atoms with Gasteiger partial charge in [-0.05, 0) is 36.5 Å². The van der Waals surface area contributed by atoms with Gasteiger partial charge in [0.25, 0.3) is 0 Å². The third kappa shape index (κ3) is 3.23. The van der Waals surface area contributed by atoms with Crippen LogP contribution in [-0.4, -0.2) is 54.9 Å². The fourth-order valence-electron chi connectivity index (χ4n) is 3.13. The van der Waals surface area contributed by atoms with Crippen LogP contribution in [0.1, 0.15) is 10.4 Å². The highest BCUT2D eigenvalue weighted by atomic mass is 32.1. The lowest BCUT2D eigenvalue weighted by Gasteiger charge is -2.29. The van der Waals surface area contributed by atoms with Crippen molar-refractivity contribution in [1.82, 2.24) is 4.68 Å². The molecule has 7 nitrogen and oxygen atoms in total. The number of aromatic hydroxyl groups is 1. The summed E-state index contributed by atoms with van der Waals surface area (Å²) in [4.78, 5) is 16.9. The summed E-state index contributed by atoms with van der Waals surface area (Å²) in [7, 11) is 1.25. The van der Waals surface area contributed by atoms with Crippen LogP contribution in [0.2, 0.25) is 0 Å². The number of hydrogen-bond acceptors (Lipinski definition) is 8. The number of rotatable bonds is 3. The zero-order chi connectivity index (χ0) is 19.8. The van der Waals surface area contributed by atoms with E-state index in [0.717, 1.165) is 0 Å². The van der Waals surface area contributed by atoms with Crippen LogP contribution in [0.5, 0.6) is 5.88 Å². The molecule has 1 aromatic heterocycles. The monoisotopic (exact) mass is 421 g/mol. The molecule has 0 atom stereocenters. The first-order chi connectivity index (χ1) is 13.5. The lowest BCUT2D eigenvalue weighted by atomic mass is 10.0. The van der Waals surface area contributed by atoms with Gasteiger partial charge in [-0.3, -0.25) is 0 Å². The summed E-state index contributed by atoms with van der Waals surface area (Å²) in [6.07, 6.45) is 1.59. The Morgan fingerprint density at radius 1 is 1.43 bits per heavy atom. The predicted octanol–water partition coefficient (Wildman–Crippen LogP) is 2.89. The molecule has 146 valence electrons. The minimum atomic E-state index is -0.640. The molecule has 2 aliphatic rings. The minimum absolute atomic E-state index is 0.0431. The molecule has 0 saturated carbocycles.